The Labute approximate surface area is 143 Å². The zero-order valence-corrected chi connectivity index (χ0v) is 13.8. The van der Waals surface area contributed by atoms with Crippen molar-refractivity contribution in [3.05, 3.63) is 76.2 Å². The molecule has 0 saturated heterocycles. The summed E-state index contributed by atoms with van der Waals surface area (Å²) in [7, 11) is 0. The third kappa shape index (κ3) is 3.85. The van der Waals surface area contributed by atoms with Crippen LogP contribution in [0.4, 0.5) is 11.4 Å². The van der Waals surface area contributed by atoms with Crippen molar-refractivity contribution in [1.82, 2.24) is 4.98 Å². The SMILES string of the molecule is Cc1ccc(C(=O)Nc2cccc(NC(=O)c3ccncc3)c2)s1. The fraction of sp³-hybridized carbons (Fsp3) is 0.0556. The highest BCUT2D eigenvalue weighted by atomic mass is 32.1. The zero-order chi connectivity index (χ0) is 16.9. The van der Waals surface area contributed by atoms with E-state index < -0.39 is 0 Å². The van der Waals surface area contributed by atoms with Crippen molar-refractivity contribution in [1.29, 1.82) is 0 Å². The van der Waals surface area contributed by atoms with Crippen molar-refractivity contribution < 1.29 is 9.59 Å². The zero-order valence-electron chi connectivity index (χ0n) is 12.9. The largest absolute Gasteiger partial charge is 0.322 e. The minimum absolute atomic E-state index is 0.161. The van der Waals surface area contributed by atoms with Gasteiger partial charge in [-0.3, -0.25) is 14.6 Å². The molecule has 0 aliphatic heterocycles. The molecule has 0 aliphatic carbocycles. The van der Waals surface area contributed by atoms with Gasteiger partial charge in [-0.2, -0.15) is 0 Å². The van der Waals surface area contributed by atoms with Crippen LogP contribution in [0.2, 0.25) is 0 Å². The van der Waals surface area contributed by atoms with Gasteiger partial charge in [-0.1, -0.05) is 6.07 Å². The van der Waals surface area contributed by atoms with Gasteiger partial charge < -0.3 is 10.6 Å². The Morgan fingerprint density at radius 1 is 0.917 bits per heavy atom. The van der Waals surface area contributed by atoms with E-state index in [1.807, 2.05) is 13.0 Å². The molecule has 3 aromatic rings. The fourth-order valence-corrected chi connectivity index (χ4v) is 2.89. The van der Waals surface area contributed by atoms with E-state index >= 15 is 0 Å². The van der Waals surface area contributed by atoms with Crippen LogP contribution in [0.3, 0.4) is 0 Å². The summed E-state index contributed by atoms with van der Waals surface area (Å²) in [6.45, 7) is 1.96. The Morgan fingerprint density at radius 2 is 1.58 bits per heavy atom. The lowest BCUT2D eigenvalue weighted by molar-refractivity contribution is 0.102. The van der Waals surface area contributed by atoms with Crippen molar-refractivity contribution in [3.8, 4) is 0 Å². The number of nitrogens with zero attached hydrogens (tertiary/aromatic N) is 1. The maximum absolute atomic E-state index is 12.2. The highest BCUT2D eigenvalue weighted by Crippen LogP contribution is 2.20. The molecule has 2 N–H and O–H groups in total. The molecule has 0 radical (unpaired) electrons. The topological polar surface area (TPSA) is 71.1 Å². The average Bonchev–Trinajstić information content (AvgIpc) is 3.02. The summed E-state index contributed by atoms with van der Waals surface area (Å²) < 4.78 is 0. The van der Waals surface area contributed by atoms with Crippen LogP contribution in [0, 0.1) is 6.92 Å². The van der Waals surface area contributed by atoms with E-state index in [0.29, 0.717) is 21.8 Å². The van der Waals surface area contributed by atoms with Gasteiger partial charge in [0, 0.05) is 34.2 Å². The molecule has 2 heterocycles. The second-order valence-corrected chi connectivity index (χ2v) is 6.42. The summed E-state index contributed by atoms with van der Waals surface area (Å²) in [5.41, 5.74) is 1.75. The van der Waals surface area contributed by atoms with Gasteiger partial charge in [-0.05, 0) is 49.4 Å². The number of pyridine rings is 1. The first-order valence-electron chi connectivity index (χ1n) is 7.31. The monoisotopic (exact) mass is 337 g/mol. The van der Waals surface area contributed by atoms with Crippen molar-refractivity contribution in [2.45, 2.75) is 6.92 Å². The first-order chi connectivity index (χ1) is 11.6. The summed E-state index contributed by atoms with van der Waals surface area (Å²) >= 11 is 1.44. The van der Waals surface area contributed by atoms with E-state index in [2.05, 4.69) is 15.6 Å². The molecule has 120 valence electrons. The van der Waals surface area contributed by atoms with Crippen LogP contribution in [0.15, 0.2) is 60.9 Å². The molecule has 0 aliphatic rings. The van der Waals surface area contributed by atoms with Gasteiger partial charge in [0.1, 0.15) is 0 Å². The van der Waals surface area contributed by atoms with Crippen LogP contribution in [-0.4, -0.2) is 16.8 Å². The number of anilines is 2. The van der Waals surface area contributed by atoms with Crippen molar-refractivity contribution >= 4 is 34.5 Å². The third-order valence-corrected chi connectivity index (χ3v) is 4.28. The predicted octanol–water partition coefficient (Wildman–Crippen LogP) is 3.96. The van der Waals surface area contributed by atoms with Gasteiger partial charge in [0.2, 0.25) is 0 Å². The summed E-state index contributed by atoms with van der Waals surface area (Å²) in [5.74, 6) is -0.388. The second-order valence-electron chi connectivity index (χ2n) is 5.14. The number of rotatable bonds is 4. The molecule has 24 heavy (non-hydrogen) atoms. The molecule has 0 spiro atoms. The van der Waals surface area contributed by atoms with Gasteiger partial charge in [-0.15, -0.1) is 11.3 Å². The minimum atomic E-state index is -0.227. The number of hydrogen-bond donors (Lipinski definition) is 2. The lowest BCUT2D eigenvalue weighted by atomic mass is 10.2. The number of aromatic nitrogens is 1. The molecule has 2 amide bonds. The molecule has 0 bridgehead atoms. The molecule has 0 fully saturated rings. The van der Waals surface area contributed by atoms with Crippen LogP contribution in [-0.2, 0) is 0 Å². The minimum Gasteiger partial charge on any atom is -0.322 e. The Kier molecular flexibility index (Phi) is 4.67. The van der Waals surface area contributed by atoms with Crippen molar-refractivity contribution in [2.24, 2.45) is 0 Å². The molecule has 0 unspecified atom stereocenters. The number of carbonyl (C=O) groups excluding carboxylic acids is 2. The number of benzene rings is 1. The lowest BCUT2D eigenvalue weighted by Crippen LogP contribution is -2.13. The molecular weight excluding hydrogens is 322 g/mol. The molecule has 5 nitrogen and oxygen atoms in total. The lowest BCUT2D eigenvalue weighted by Gasteiger charge is -2.08. The molecule has 1 aromatic carbocycles. The highest BCUT2D eigenvalue weighted by Gasteiger charge is 2.10. The number of aryl methyl sites for hydroxylation is 1. The van der Waals surface area contributed by atoms with E-state index in [-0.39, 0.29) is 11.8 Å². The number of hydrogen-bond acceptors (Lipinski definition) is 4. The van der Waals surface area contributed by atoms with Gasteiger partial charge in [0.15, 0.2) is 0 Å². The van der Waals surface area contributed by atoms with Crippen LogP contribution in [0.1, 0.15) is 24.9 Å². The molecule has 3 rings (SSSR count). The number of thiophene rings is 1. The quantitative estimate of drug-likeness (QED) is 0.757. The molecule has 2 aromatic heterocycles. The van der Waals surface area contributed by atoms with Crippen molar-refractivity contribution in [2.75, 3.05) is 10.6 Å². The highest BCUT2D eigenvalue weighted by molar-refractivity contribution is 7.14. The van der Waals surface area contributed by atoms with Crippen LogP contribution >= 0.6 is 11.3 Å². The Bertz CT molecular complexity index is 875. The standard InChI is InChI=1S/C18H15N3O2S/c1-12-5-6-16(24-12)18(23)21-15-4-2-3-14(11-15)20-17(22)13-7-9-19-10-8-13/h2-11H,1H3,(H,20,22)(H,21,23). The summed E-state index contributed by atoms with van der Waals surface area (Å²) in [4.78, 5) is 30.0. The van der Waals surface area contributed by atoms with Crippen LogP contribution in [0.25, 0.3) is 0 Å². The van der Waals surface area contributed by atoms with E-state index in [1.165, 1.54) is 11.3 Å². The van der Waals surface area contributed by atoms with E-state index in [0.717, 1.165) is 4.88 Å². The first kappa shape index (κ1) is 15.9. The molecule has 0 saturated carbocycles. The molecule has 6 heteroatoms. The predicted molar refractivity (Wildman–Crippen MR) is 95.6 cm³/mol. The van der Waals surface area contributed by atoms with Gasteiger partial charge >= 0.3 is 0 Å². The van der Waals surface area contributed by atoms with Gasteiger partial charge in [0.25, 0.3) is 11.8 Å². The van der Waals surface area contributed by atoms with E-state index in [4.69, 9.17) is 0 Å². The number of carbonyl (C=O) groups is 2. The molecular formula is C18H15N3O2S. The van der Waals surface area contributed by atoms with E-state index in [1.54, 1.807) is 54.9 Å². The summed E-state index contributed by atoms with van der Waals surface area (Å²) in [6.07, 6.45) is 3.13. The Hall–Kier alpha value is -2.99. The van der Waals surface area contributed by atoms with Gasteiger partial charge in [-0.25, -0.2) is 0 Å². The fourth-order valence-electron chi connectivity index (χ4n) is 2.13. The second kappa shape index (κ2) is 7.06. The Morgan fingerprint density at radius 3 is 2.21 bits per heavy atom. The third-order valence-electron chi connectivity index (χ3n) is 3.28. The van der Waals surface area contributed by atoms with Crippen molar-refractivity contribution in [3.63, 3.8) is 0 Å². The summed E-state index contributed by atoms with van der Waals surface area (Å²) in [6, 6.07) is 14.0. The maximum Gasteiger partial charge on any atom is 0.265 e. The first-order valence-corrected chi connectivity index (χ1v) is 8.13. The normalized spacial score (nSPS) is 10.2. The smallest absolute Gasteiger partial charge is 0.265 e. The Balaban J connectivity index is 1.70. The molecule has 0 atom stereocenters. The number of nitrogens with one attached hydrogen (secondary N) is 2. The van der Waals surface area contributed by atoms with Crippen LogP contribution in [0.5, 0.6) is 0 Å². The maximum atomic E-state index is 12.2. The van der Waals surface area contributed by atoms with E-state index in [9.17, 15) is 9.59 Å². The number of amides is 2. The van der Waals surface area contributed by atoms with Crippen LogP contribution < -0.4 is 10.6 Å². The summed E-state index contributed by atoms with van der Waals surface area (Å²) in [5, 5.41) is 5.64. The average molecular weight is 337 g/mol. The van der Waals surface area contributed by atoms with Gasteiger partial charge in [0.05, 0.1) is 4.88 Å².